The minimum absolute atomic E-state index is 0.0338. The van der Waals surface area contributed by atoms with E-state index < -0.39 is 11.8 Å². The van der Waals surface area contributed by atoms with Crippen molar-refractivity contribution in [1.82, 2.24) is 10.2 Å². The van der Waals surface area contributed by atoms with Crippen LogP contribution in [0.4, 0.5) is 8.78 Å². The summed E-state index contributed by atoms with van der Waals surface area (Å²) in [5.74, 6) is -3.52. The van der Waals surface area contributed by atoms with Crippen molar-refractivity contribution in [3.63, 3.8) is 0 Å². The summed E-state index contributed by atoms with van der Waals surface area (Å²) in [6.45, 7) is 8.41. The van der Waals surface area contributed by atoms with E-state index in [0.717, 1.165) is 0 Å². The van der Waals surface area contributed by atoms with Gasteiger partial charge in [0.25, 0.3) is 5.92 Å². The molecule has 6 heteroatoms. The Hall–Kier alpha value is -0.750. The third-order valence-electron chi connectivity index (χ3n) is 3.79. The zero-order chi connectivity index (χ0) is 16.8. The molecule has 1 saturated heterocycles. The summed E-state index contributed by atoms with van der Waals surface area (Å²) in [4.78, 5) is 13.2. The van der Waals surface area contributed by atoms with E-state index in [9.17, 15) is 13.6 Å². The smallest absolute Gasteiger partial charge is 0.263 e. The van der Waals surface area contributed by atoms with Gasteiger partial charge < -0.3 is 10.1 Å². The van der Waals surface area contributed by atoms with Crippen LogP contribution in [0.5, 0.6) is 0 Å². The molecule has 1 aliphatic heterocycles. The molecule has 1 atom stereocenters. The first-order valence-electron chi connectivity index (χ1n) is 8.22. The maximum Gasteiger partial charge on any atom is 0.263 e. The average molecular weight is 320 g/mol. The predicted octanol–water partition coefficient (Wildman–Crippen LogP) is 2.67. The Labute approximate surface area is 132 Å². The van der Waals surface area contributed by atoms with Crippen molar-refractivity contribution in [2.45, 2.75) is 65.0 Å². The zero-order valence-electron chi connectivity index (χ0n) is 14.2. The third-order valence-corrected chi connectivity index (χ3v) is 3.79. The van der Waals surface area contributed by atoms with E-state index in [1.54, 1.807) is 4.90 Å². The fraction of sp³-hybridized carbons (Fsp3) is 0.938. The molecule has 0 spiro atoms. The Morgan fingerprint density at radius 3 is 2.59 bits per heavy atom. The number of ether oxygens (including phenoxy) is 1. The molecule has 0 saturated carbocycles. The van der Waals surface area contributed by atoms with Crippen LogP contribution in [0, 0.1) is 5.92 Å². The highest BCUT2D eigenvalue weighted by molar-refractivity contribution is 5.78. The number of carbonyl (C=O) groups is 1. The van der Waals surface area contributed by atoms with Crippen LogP contribution in [0.25, 0.3) is 0 Å². The van der Waals surface area contributed by atoms with E-state index in [1.807, 2.05) is 27.7 Å². The second-order valence-electron chi connectivity index (χ2n) is 6.74. The van der Waals surface area contributed by atoms with Gasteiger partial charge in [0.15, 0.2) is 0 Å². The van der Waals surface area contributed by atoms with E-state index in [-0.39, 0.29) is 31.1 Å². The lowest BCUT2D eigenvalue weighted by atomic mass is 9.88. The standard InChI is InChI=1S/C16H30F2N2O2/c1-12(2)19-15(21)10-20-8-7-14(16(17,18)11-20)6-5-9-22-13(3)4/h12-14H,5-11H2,1-4H3,(H,19,21)/t14-/m1/s1. The highest BCUT2D eigenvalue weighted by atomic mass is 19.3. The molecular formula is C16H30F2N2O2. The molecule has 0 unspecified atom stereocenters. The quantitative estimate of drug-likeness (QED) is 0.699. The van der Waals surface area contributed by atoms with Gasteiger partial charge >= 0.3 is 0 Å². The number of likely N-dealkylation sites (tertiary alicyclic amines) is 1. The van der Waals surface area contributed by atoms with Gasteiger partial charge in [0.2, 0.25) is 5.91 Å². The predicted molar refractivity (Wildman–Crippen MR) is 83.1 cm³/mol. The van der Waals surface area contributed by atoms with Crippen LogP contribution in [0.2, 0.25) is 0 Å². The first kappa shape index (κ1) is 19.3. The van der Waals surface area contributed by atoms with Crippen molar-refractivity contribution in [2.24, 2.45) is 5.92 Å². The largest absolute Gasteiger partial charge is 0.379 e. The van der Waals surface area contributed by atoms with Crippen LogP contribution < -0.4 is 5.32 Å². The van der Waals surface area contributed by atoms with Crippen LogP contribution in [-0.4, -0.2) is 55.1 Å². The van der Waals surface area contributed by atoms with E-state index >= 15 is 0 Å². The summed E-state index contributed by atoms with van der Waals surface area (Å²) in [5, 5.41) is 2.74. The Bertz CT molecular complexity index is 349. The van der Waals surface area contributed by atoms with Gasteiger partial charge in [0.05, 0.1) is 19.2 Å². The summed E-state index contributed by atoms with van der Waals surface area (Å²) in [6.07, 6.45) is 1.71. The van der Waals surface area contributed by atoms with Crippen molar-refractivity contribution in [1.29, 1.82) is 0 Å². The molecule has 0 bridgehead atoms. The number of amides is 1. The van der Waals surface area contributed by atoms with Crippen LogP contribution in [0.15, 0.2) is 0 Å². The molecule has 1 amide bonds. The Balaban J connectivity index is 2.36. The van der Waals surface area contributed by atoms with E-state index in [2.05, 4.69) is 5.32 Å². The normalized spacial score (nSPS) is 22.3. The maximum absolute atomic E-state index is 14.2. The number of hydrogen-bond donors (Lipinski definition) is 1. The fourth-order valence-electron chi connectivity index (χ4n) is 2.77. The molecule has 0 aromatic rings. The molecule has 4 nitrogen and oxygen atoms in total. The van der Waals surface area contributed by atoms with Gasteiger partial charge in [-0.1, -0.05) is 0 Å². The number of rotatable bonds is 8. The Morgan fingerprint density at radius 1 is 1.36 bits per heavy atom. The summed E-state index contributed by atoms with van der Waals surface area (Å²) in [7, 11) is 0. The van der Waals surface area contributed by atoms with Gasteiger partial charge in [0.1, 0.15) is 0 Å². The molecule has 1 N–H and O–H groups in total. The number of piperidine rings is 1. The second kappa shape index (κ2) is 8.77. The maximum atomic E-state index is 14.2. The summed E-state index contributed by atoms with van der Waals surface area (Å²) >= 11 is 0. The van der Waals surface area contributed by atoms with Gasteiger partial charge in [-0.15, -0.1) is 0 Å². The Kier molecular flexibility index (Phi) is 7.69. The number of nitrogens with one attached hydrogen (secondary N) is 1. The van der Waals surface area contributed by atoms with E-state index in [4.69, 9.17) is 4.74 Å². The highest BCUT2D eigenvalue weighted by Crippen LogP contribution is 2.35. The first-order chi connectivity index (χ1) is 10.2. The lowest BCUT2D eigenvalue weighted by Gasteiger charge is -2.38. The van der Waals surface area contributed by atoms with Gasteiger partial charge in [0, 0.05) is 18.6 Å². The minimum Gasteiger partial charge on any atom is -0.379 e. The highest BCUT2D eigenvalue weighted by Gasteiger charge is 2.44. The van der Waals surface area contributed by atoms with Crippen molar-refractivity contribution in [3.8, 4) is 0 Å². The lowest BCUT2D eigenvalue weighted by molar-refractivity contribution is -0.132. The molecule has 130 valence electrons. The molecular weight excluding hydrogens is 290 g/mol. The molecule has 0 radical (unpaired) electrons. The number of hydrogen-bond acceptors (Lipinski definition) is 3. The second-order valence-corrected chi connectivity index (χ2v) is 6.74. The van der Waals surface area contributed by atoms with E-state index in [1.165, 1.54) is 0 Å². The minimum atomic E-state index is -2.73. The van der Waals surface area contributed by atoms with Crippen molar-refractivity contribution in [2.75, 3.05) is 26.2 Å². The van der Waals surface area contributed by atoms with Crippen LogP contribution in [0.1, 0.15) is 47.0 Å². The first-order valence-corrected chi connectivity index (χ1v) is 8.22. The molecule has 1 rings (SSSR count). The van der Waals surface area contributed by atoms with Crippen LogP contribution in [-0.2, 0) is 9.53 Å². The number of carbonyl (C=O) groups excluding carboxylic acids is 1. The van der Waals surface area contributed by atoms with Crippen molar-refractivity contribution in [3.05, 3.63) is 0 Å². The number of nitrogens with zero attached hydrogens (tertiary/aromatic N) is 1. The molecule has 0 aromatic heterocycles. The molecule has 22 heavy (non-hydrogen) atoms. The van der Waals surface area contributed by atoms with Gasteiger partial charge in [-0.25, -0.2) is 8.78 Å². The van der Waals surface area contributed by atoms with Gasteiger partial charge in [-0.3, -0.25) is 9.69 Å². The monoisotopic (exact) mass is 320 g/mol. The molecule has 1 aliphatic rings. The van der Waals surface area contributed by atoms with Gasteiger partial charge in [-0.2, -0.15) is 0 Å². The number of halogens is 2. The molecule has 1 fully saturated rings. The summed E-state index contributed by atoms with van der Waals surface area (Å²) < 4.78 is 33.8. The Morgan fingerprint density at radius 2 is 2.05 bits per heavy atom. The number of alkyl halides is 2. The average Bonchev–Trinajstić information content (AvgIpc) is 2.34. The zero-order valence-corrected chi connectivity index (χ0v) is 14.2. The molecule has 0 aliphatic carbocycles. The lowest BCUT2D eigenvalue weighted by Crippen LogP contribution is -2.51. The SMILES string of the molecule is CC(C)NC(=O)CN1CC[C@@H](CCCOC(C)C)C(F)(F)C1. The van der Waals surface area contributed by atoms with Gasteiger partial charge in [-0.05, 0) is 53.5 Å². The molecule has 1 heterocycles. The third kappa shape index (κ3) is 7.01. The molecule has 0 aromatic carbocycles. The van der Waals surface area contributed by atoms with Crippen molar-refractivity contribution < 1.29 is 18.3 Å². The van der Waals surface area contributed by atoms with Crippen LogP contribution >= 0.6 is 0 Å². The topological polar surface area (TPSA) is 41.6 Å². The van der Waals surface area contributed by atoms with Crippen molar-refractivity contribution >= 4 is 5.91 Å². The van der Waals surface area contributed by atoms with E-state index in [0.29, 0.717) is 32.4 Å². The summed E-state index contributed by atoms with van der Waals surface area (Å²) in [5.41, 5.74) is 0. The fourth-order valence-corrected chi connectivity index (χ4v) is 2.77. The summed E-state index contributed by atoms with van der Waals surface area (Å²) in [6, 6.07) is 0.0338. The van der Waals surface area contributed by atoms with Crippen LogP contribution in [0.3, 0.4) is 0 Å².